The first-order valence-electron chi connectivity index (χ1n) is 6.00. The zero-order chi connectivity index (χ0) is 13.4. The highest BCUT2D eigenvalue weighted by molar-refractivity contribution is 5.77. The molecule has 0 aromatic heterocycles. The fourth-order valence-corrected chi connectivity index (χ4v) is 1.53. The van der Waals surface area contributed by atoms with E-state index in [-0.39, 0.29) is 12.5 Å². The second kappa shape index (κ2) is 7.33. The smallest absolute Gasteiger partial charge is 0.260 e. The molecule has 0 saturated carbocycles. The summed E-state index contributed by atoms with van der Waals surface area (Å²) >= 11 is 0. The predicted octanol–water partition coefficient (Wildman–Crippen LogP) is 2.00. The van der Waals surface area contributed by atoms with Crippen molar-refractivity contribution in [3.63, 3.8) is 0 Å². The van der Waals surface area contributed by atoms with E-state index in [2.05, 4.69) is 0 Å². The molecule has 0 aliphatic rings. The molecule has 0 heterocycles. The Morgan fingerprint density at radius 3 is 2.83 bits per heavy atom. The minimum atomic E-state index is -0.115. The zero-order valence-corrected chi connectivity index (χ0v) is 10.8. The van der Waals surface area contributed by atoms with Crippen molar-refractivity contribution in [2.75, 3.05) is 20.2 Å². The summed E-state index contributed by atoms with van der Waals surface area (Å²) in [4.78, 5) is 13.2. The third-order valence-electron chi connectivity index (χ3n) is 2.69. The van der Waals surface area contributed by atoms with E-state index in [4.69, 9.17) is 10.00 Å². The summed E-state index contributed by atoms with van der Waals surface area (Å²) in [7, 11) is 1.68. The van der Waals surface area contributed by atoms with Crippen LogP contribution in [0.4, 0.5) is 0 Å². The summed E-state index contributed by atoms with van der Waals surface area (Å²) in [6, 6.07) is 9.70. The molecule has 1 rings (SSSR count). The number of amides is 1. The van der Waals surface area contributed by atoms with Crippen molar-refractivity contribution in [3.05, 3.63) is 29.8 Å². The molecule has 1 amide bonds. The summed E-state index contributed by atoms with van der Waals surface area (Å²) < 4.78 is 5.52. The van der Waals surface area contributed by atoms with Crippen molar-refractivity contribution in [3.8, 4) is 11.8 Å². The van der Waals surface area contributed by atoms with E-state index in [9.17, 15) is 4.79 Å². The molecular formula is C14H18N2O2. The highest BCUT2D eigenvalue weighted by Gasteiger charge is 2.10. The van der Waals surface area contributed by atoms with E-state index < -0.39 is 0 Å². The second-order valence-corrected chi connectivity index (χ2v) is 3.97. The van der Waals surface area contributed by atoms with Crippen LogP contribution in [0.1, 0.15) is 18.9 Å². The zero-order valence-electron chi connectivity index (χ0n) is 10.8. The van der Waals surface area contributed by atoms with Gasteiger partial charge in [-0.2, -0.15) is 5.26 Å². The van der Waals surface area contributed by atoms with Gasteiger partial charge in [0.15, 0.2) is 6.61 Å². The minimum absolute atomic E-state index is 0.0128. The third kappa shape index (κ3) is 4.10. The first-order valence-corrected chi connectivity index (χ1v) is 6.00. The summed E-state index contributed by atoms with van der Waals surface area (Å²) in [5, 5.41) is 8.45. The molecule has 0 radical (unpaired) electrons. The molecule has 18 heavy (non-hydrogen) atoms. The van der Waals surface area contributed by atoms with Crippen LogP contribution >= 0.6 is 0 Å². The molecule has 1 aromatic rings. The Morgan fingerprint density at radius 2 is 2.17 bits per heavy atom. The molecule has 0 saturated heterocycles. The Balaban J connectivity index is 2.49. The van der Waals surface area contributed by atoms with Crippen molar-refractivity contribution < 1.29 is 9.53 Å². The quantitative estimate of drug-likeness (QED) is 0.771. The molecule has 0 spiro atoms. The first-order chi connectivity index (χ1) is 8.69. The summed E-state index contributed by atoms with van der Waals surface area (Å²) in [5.74, 6) is 0.637. The summed E-state index contributed by atoms with van der Waals surface area (Å²) in [6.45, 7) is 2.50. The van der Waals surface area contributed by atoms with Gasteiger partial charge in [0, 0.05) is 13.6 Å². The highest BCUT2D eigenvalue weighted by Crippen LogP contribution is 2.18. The fourth-order valence-electron chi connectivity index (χ4n) is 1.53. The third-order valence-corrected chi connectivity index (χ3v) is 2.69. The molecule has 0 unspecified atom stereocenters. The number of carbonyl (C=O) groups is 1. The molecule has 0 aliphatic carbocycles. The number of aryl methyl sites for hydroxylation is 1. The Bertz CT molecular complexity index is 438. The number of likely N-dealkylation sites (N-methyl/N-ethyl adjacent to an activating group) is 1. The van der Waals surface area contributed by atoms with E-state index in [1.165, 1.54) is 4.90 Å². The average molecular weight is 246 g/mol. The molecular weight excluding hydrogens is 228 g/mol. The standard InChI is InChI=1S/C14H18N2O2/c1-3-12-7-4-5-8-13(12)18-11-14(17)16(2)10-6-9-15/h4-5,7-8H,3,6,10-11H2,1-2H3. The van der Waals surface area contributed by atoms with Crippen LogP contribution < -0.4 is 4.74 Å². The van der Waals surface area contributed by atoms with Gasteiger partial charge in [-0.25, -0.2) is 0 Å². The Kier molecular flexibility index (Phi) is 5.72. The number of hydrogen-bond acceptors (Lipinski definition) is 3. The SMILES string of the molecule is CCc1ccccc1OCC(=O)N(C)CCC#N. The number of nitriles is 1. The maximum Gasteiger partial charge on any atom is 0.260 e. The number of hydrogen-bond donors (Lipinski definition) is 0. The van der Waals surface area contributed by atoms with Crippen LogP contribution in [0, 0.1) is 11.3 Å². The van der Waals surface area contributed by atoms with E-state index in [1.807, 2.05) is 37.3 Å². The maximum atomic E-state index is 11.7. The molecule has 1 aromatic carbocycles. The van der Waals surface area contributed by atoms with Crippen LogP contribution in [-0.2, 0) is 11.2 Å². The van der Waals surface area contributed by atoms with Crippen LogP contribution in [0.3, 0.4) is 0 Å². The first kappa shape index (κ1) is 14.0. The van der Waals surface area contributed by atoms with Crippen molar-refractivity contribution in [1.82, 2.24) is 4.90 Å². The topological polar surface area (TPSA) is 53.3 Å². The Morgan fingerprint density at radius 1 is 1.44 bits per heavy atom. The van der Waals surface area contributed by atoms with Gasteiger partial charge in [0.1, 0.15) is 5.75 Å². The van der Waals surface area contributed by atoms with E-state index >= 15 is 0 Å². The van der Waals surface area contributed by atoms with Crippen LogP contribution in [0.15, 0.2) is 24.3 Å². The van der Waals surface area contributed by atoms with Crippen molar-refractivity contribution in [2.45, 2.75) is 19.8 Å². The number of benzene rings is 1. The van der Waals surface area contributed by atoms with Crippen LogP contribution in [0.5, 0.6) is 5.75 Å². The monoisotopic (exact) mass is 246 g/mol. The lowest BCUT2D eigenvalue weighted by molar-refractivity contribution is -0.131. The summed E-state index contributed by atoms with van der Waals surface area (Å²) in [6.07, 6.45) is 1.21. The van der Waals surface area contributed by atoms with Gasteiger partial charge >= 0.3 is 0 Å². The number of carbonyl (C=O) groups excluding carboxylic acids is 1. The molecule has 0 bridgehead atoms. The Labute approximate surface area is 108 Å². The summed E-state index contributed by atoms with van der Waals surface area (Å²) in [5.41, 5.74) is 1.09. The normalized spacial score (nSPS) is 9.61. The second-order valence-electron chi connectivity index (χ2n) is 3.97. The van der Waals surface area contributed by atoms with E-state index in [1.54, 1.807) is 7.05 Å². The van der Waals surface area contributed by atoms with Gasteiger partial charge in [0.25, 0.3) is 5.91 Å². The van der Waals surface area contributed by atoms with Crippen LogP contribution in [0.2, 0.25) is 0 Å². The molecule has 0 N–H and O–H groups in total. The van der Waals surface area contributed by atoms with E-state index in [0.29, 0.717) is 13.0 Å². The lowest BCUT2D eigenvalue weighted by Gasteiger charge is -2.16. The van der Waals surface area contributed by atoms with E-state index in [0.717, 1.165) is 17.7 Å². The fraction of sp³-hybridized carbons (Fsp3) is 0.429. The van der Waals surface area contributed by atoms with Crippen molar-refractivity contribution >= 4 is 5.91 Å². The number of nitrogens with zero attached hydrogens (tertiary/aromatic N) is 2. The van der Waals surface area contributed by atoms with Gasteiger partial charge in [-0.3, -0.25) is 4.79 Å². The largest absolute Gasteiger partial charge is 0.483 e. The maximum absolute atomic E-state index is 11.7. The van der Waals surface area contributed by atoms with Gasteiger partial charge < -0.3 is 9.64 Å². The number of ether oxygens (including phenoxy) is 1. The average Bonchev–Trinajstić information content (AvgIpc) is 2.42. The predicted molar refractivity (Wildman–Crippen MR) is 69.2 cm³/mol. The molecule has 0 atom stereocenters. The minimum Gasteiger partial charge on any atom is -0.483 e. The van der Waals surface area contributed by atoms with Gasteiger partial charge in [-0.15, -0.1) is 0 Å². The molecule has 0 aliphatic heterocycles. The van der Waals surface area contributed by atoms with Crippen molar-refractivity contribution in [2.24, 2.45) is 0 Å². The lowest BCUT2D eigenvalue weighted by atomic mass is 10.1. The van der Waals surface area contributed by atoms with Crippen LogP contribution in [0.25, 0.3) is 0 Å². The Hall–Kier alpha value is -2.02. The van der Waals surface area contributed by atoms with Gasteiger partial charge in [0.05, 0.1) is 12.5 Å². The van der Waals surface area contributed by atoms with Crippen molar-refractivity contribution in [1.29, 1.82) is 5.26 Å². The number of rotatable bonds is 6. The van der Waals surface area contributed by atoms with Gasteiger partial charge in [-0.05, 0) is 18.1 Å². The molecule has 96 valence electrons. The highest BCUT2D eigenvalue weighted by atomic mass is 16.5. The molecule has 4 nitrogen and oxygen atoms in total. The molecule has 4 heteroatoms. The molecule has 0 fully saturated rings. The van der Waals surface area contributed by atoms with Gasteiger partial charge in [0.2, 0.25) is 0 Å². The van der Waals surface area contributed by atoms with Gasteiger partial charge in [-0.1, -0.05) is 25.1 Å². The van der Waals surface area contributed by atoms with Crippen LogP contribution in [-0.4, -0.2) is 31.0 Å². The number of para-hydroxylation sites is 1. The lowest BCUT2D eigenvalue weighted by Crippen LogP contribution is -2.32.